The maximum absolute atomic E-state index is 13.5. The maximum atomic E-state index is 13.5. The highest BCUT2D eigenvalue weighted by molar-refractivity contribution is 6.13. The second-order valence-electron chi connectivity index (χ2n) is 9.40. The molecule has 0 saturated heterocycles. The van der Waals surface area contributed by atoms with Crippen LogP contribution in [-0.2, 0) is 0 Å². The third-order valence-electron chi connectivity index (χ3n) is 5.87. The summed E-state index contributed by atoms with van der Waals surface area (Å²) in [5.74, 6) is -0.385. The maximum Gasteiger partial charge on any atom is 0.256 e. The number of nitrogens with zero attached hydrogens (tertiary/aromatic N) is 3. The van der Waals surface area contributed by atoms with Crippen LogP contribution in [0, 0.1) is 13.8 Å². The molecule has 0 aliphatic heterocycles. The van der Waals surface area contributed by atoms with Gasteiger partial charge in [0.2, 0.25) is 0 Å². The number of carbonyl (C=O) groups is 2. The molecular formula is C28H31N5O2. The smallest absolute Gasteiger partial charge is 0.256 e. The van der Waals surface area contributed by atoms with Gasteiger partial charge in [0.05, 0.1) is 22.8 Å². The summed E-state index contributed by atoms with van der Waals surface area (Å²) in [6, 6.07) is 15.2. The van der Waals surface area contributed by atoms with Crippen LogP contribution < -0.4 is 10.6 Å². The summed E-state index contributed by atoms with van der Waals surface area (Å²) >= 11 is 0. The van der Waals surface area contributed by atoms with E-state index >= 15 is 0 Å². The van der Waals surface area contributed by atoms with Crippen LogP contribution in [0.25, 0.3) is 22.3 Å². The lowest BCUT2D eigenvalue weighted by Crippen LogP contribution is -2.30. The van der Waals surface area contributed by atoms with Crippen LogP contribution in [0.3, 0.4) is 0 Å². The predicted octanol–water partition coefficient (Wildman–Crippen LogP) is 5.69. The molecule has 2 heterocycles. The molecule has 35 heavy (non-hydrogen) atoms. The first kappa shape index (κ1) is 24.1. The normalized spacial score (nSPS) is 11.3. The third kappa shape index (κ3) is 4.94. The molecule has 2 aromatic heterocycles. The molecule has 2 amide bonds. The van der Waals surface area contributed by atoms with Gasteiger partial charge in [0.15, 0.2) is 5.65 Å². The van der Waals surface area contributed by atoms with E-state index < -0.39 is 0 Å². The molecule has 180 valence electrons. The zero-order valence-electron chi connectivity index (χ0n) is 21.0. The lowest BCUT2D eigenvalue weighted by molar-refractivity contribution is 0.0942. The van der Waals surface area contributed by atoms with Crippen LogP contribution in [0.15, 0.2) is 54.7 Å². The van der Waals surface area contributed by atoms with E-state index in [2.05, 4.69) is 15.7 Å². The number of amides is 2. The van der Waals surface area contributed by atoms with E-state index in [9.17, 15) is 9.59 Å². The number of aromatic nitrogens is 3. The van der Waals surface area contributed by atoms with E-state index in [-0.39, 0.29) is 23.9 Å². The molecule has 0 spiro atoms. The number of aryl methyl sites for hydroxylation is 2. The Morgan fingerprint density at radius 2 is 1.63 bits per heavy atom. The molecule has 0 bridgehead atoms. The van der Waals surface area contributed by atoms with E-state index in [1.807, 2.05) is 82.6 Å². The Bertz CT molecular complexity index is 1420. The zero-order valence-corrected chi connectivity index (χ0v) is 21.0. The van der Waals surface area contributed by atoms with Crippen LogP contribution in [0.1, 0.15) is 65.6 Å². The van der Waals surface area contributed by atoms with Gasteiger partial charge >= 0.3 is 0 Å². The van der Waals surface area contributed by atoms with E-state index in [0.717, 1.165) is 22.4 Å². The Morgan fingerprint density at radius 3 is 2.29 bits per heavy atom. The Labute approximate surface area is 205 Å². The predicted molar refractivity (Wildman–Crippen MR) is 140 cm³/mol. The minimum atomic E-state index is -0.255. The molecule has 0 saturated carbocycles. The average molecular weight is 470 g/mol. The van der Waals surface area contributed by atoms with Crippen LogP contribution >= 0.6 is 0 Å². The summed E-state index contributed by atoms with van der Waals surface area (Å²) in [6.45, 7) is 11.8. The zero-order chi connectivity index (χ0) is 25.3. The molecule has 4 rings (SSSR count). The van der Waals surface area contributed by atoms with Crippen molar-refractivity contribution in [3.63, 3.8) is 0 Å². The second kappa shape index (κ2) is 9.70. The van der Waals surface area contributed by atoms with Crippen LogP contribution in [0.2, 0.25) is 0 Å². The fourth-order valence-corrected chi connectivity index (χ4v) is 4.12. The Morgan fingerprint density at radius 1 is 0.886 bits per heavy atom. The molecule has 2 N–H and O–H groups in total. The molecule has 2 aromatic carbocycles. The number of pyridine rings is 1. The first-order valence-electron chi connectivity index (χ1n) is 11.8. The summed E-state index contributed by atoms with van der Waals surface area (Å²) in [7, 11) is 0. The number of anilines is 1. The molecule has 0 aliphatic rings. The van der Waals surface area contributed by atoms with Crippen molar-refractivity contribution < 1.29 is 9.59 Å². The number of hydrogen-bond donors (Lipinski definition) is 2. The van der Waals surface area contributed by atoms with E-state index in [0.29, 0.717) is 27.8 Å². The molecule has 0 aliphatic carbocycles. The lowest BCUT2D eigenvalue weighted by Gasteiger charge is -2.14. The second-order valence-corrected chi connectivity index (χ2v) is 9.40. The van der Waals surface area contributed by atoms with Crippen molar-refractivity contribution in [1.82, 2.24) is 20.1 Å². The van der Waals surface area contributed by atoms with Gasteiger partial charge in [0, 0.05) is 28.9 Å². The van der Waals surface area contributed by atoms with Gasteiger partial charge in [-0.25, -0.2) is 9.67 Å². The van der Waals surface area contributed by atoms with E-state index in [1.54, 1.807) is 18.3 Å². The van der Waals surface area contributed by atoms with Gasteiger partial charge in [-0.2, -0.15) is 5.10 Å². The molecule has 4 aromatic rings. The number of rotatable bonds is 6. The van der Waals surface area contributed by atoms with Crippen LogP contribution in [0.4, 0.5) is 5.69 Å². The molecule has 0 atom stereocenters. The monoisotopic (exact) mass is 469 g/mol. The number of carbonyl (C=O) groups excluding carboxylic acids is 2. The van der Waals surface area contributed by atoms with Gasteiger partial charge in [-0.3, -0.25) is 9.59 Å². The van der Waals surface area contributed by atoms with Crippen molar-refractivity contribution in [1.29, 1.82) is 0 Å². The molecule has 7 heteroatoms. The topological polar surface area (TPSA) is 88.9 Å². The molecular weight excluding hydrogens is 438 g/mol. The highest BCUT2D eigenvalue weighted by Crippen LogP contribution is 2.29. The van der Waals surface area contributed by atoms with Crippen molar-refractivity contribution in [2.45, 2.75) is 53.6 Å². The van der Waals surface area contributed by atoms with E-state index in [4.69, 9.17) is 4.98 Å². The summed E-state index contributed by atoms with van der Waals surface area (Å²) in [4.78, 5) is 30.8. The highest BCUT2D eigenvalue weighted by Gasteiger charge is 2.20. The summed E-state index contributed by atoms with van der Waals surface area (Å²) in [5.41, 5.74) is 5.93. The van der Waals surface area contributed by atoms with Crippen molar-refractivity contribution in [2.75, 3.05) is 5.32 Å². The summed E-state index contributed by atoms with van der Waals surface area (Å²) < 4.78 is 1.83. The third-order valence-corrected chi connectivity index (χ3v) is 5.87. The number of benzene rings is 2. The quantitative estimate of drug-likeness (QED) is 0.380. The fraction of sp³-hybridized carbons (Fsp3) is 0.286. The summed E-state index contributed by atoms with van der Waals surface area (Å²) in [6.07, 6.45) is 1.70. The van der Waals surface area contributed by atoms with Crippen molar-refractivity contribution in [2.24, 2.45) is 0 Å². The molecule has 0 unspecified atom stereocenters. The van der Waals surface area contributed by atoms with Gasteiger partial charge in [-0.1, -0.05) is 24.3 Å². The molecule has 0 radical (unpaired) electrons. The Balaban J connectivity index is 1.74. The first-order chi connectivity index (χ1) is 16.7. The molecule has 7 nitrogen and oxygen atoms in total. The van der Waals surface area contributed by atoms with Gasteiger partial charge in [0.1, 0.15) is 0 Å². The van der Waals surface area contributed by atoms with Gasteiger partial charge in [0.25, 0.3) is 11.8 Å². The number of fused-ring (bicyclic) bond motifs is 1. The van der Waals surface area contributed by atoms with Crippen LogP contribution in [-0.4, -0.2) is 32.6 Å². The Hall–Kier alpha value is -4.00. The standard InChI is InChI=1S/C28H31N5O2/c1-16(2)30-27(34)22-12-11-20(13-19(22)6)31-28(35)23-14-25(21-10-8-7-9-18(21)5)32-26-24(23)15-29-33(26)17(3)4/h7-17H,1-6H3,(H,30,34)(H,31,35). The average Bonchev–Trinajstić information content (AvgIpc) is 3.22. The van der Waals surface area contributed by atoms with Crippen molar-refractivity contribution in [3.05, 3.63) is 77.0 Å². The Kier molecular flexibility index (Phi) is 6.69. The fourth-order valence-electron chi connectivity index (χ4n) is 4.12. The van der Waals surface area contributed by atoms with Crippen molar-refractivity contribution >= 4 is 28.5 Å². The lowest BCUT2D eigenvalue weighted by atomic mass is 10.0. The first-order valence-corrected chi connectivity index (χ1v) is 11.8. The van der Waals surface area contributed by atoms with Crippen molar-refractivity contribution in [3.8, 4) is 11.3 Å². The van der Waals surface area contributed by atoms with Gasteiger partial charge < -0.3 is 10.6 Å². The van der Waals surface area contributed by atoms with Crippen LogP contribution in [0.5, 0.6) is 0 Å². The number of hydrogen-bond acceptors (Lipinski definition) is 4. The highest BCUT2D eigenvalue weighted by atomic mass is 16.2. The largest absolute Gasteiger partial charge is 0.350 e. The van der Waals surface area contributed by atoms with Gasteiger partial charge in [-0.05, 0) is 76.9 Å². The van der Waals surface area contributed by atoms with Gasteiger partial charge in [-0.15, -0.1) is 0 Å². The minimum Gasteiger partial charge on any atom is -0.350 e. The summed E-state index contributed by atoms with van der Waals surface area (Å²) in [5, 5.41) is 11.1. The molecule has 0 fully saturated rings. The SMILES string of the molecule is Cc1cc(NC(=O)c2cc(-c3ccccc3C)nc3c2cnn3C(C)C)ccc1C(=O)NC(C)C. The number of nitrogens with one attached hydrogen (secondary N) is 2. The van der Waals surface area contributed by atoms with E-state index in [1.165, 1.54) is 0 Å². The minimum absolute atomic E-state index is 0.0459.